The van der Waals surface area contributed by atoms with E-state index in [1.807, 2.05) is 26.0 Å². The number of nitrogens with zero attached hydrogens (tertiary/aromatic N) is 3. The Morgan fingerprint density at radius 2 is 1.70 bits per heavy atom. The number of nitrogens with one attached hydrogen (secondary N) is 2. The van der Waals surface area contributed by atoms with Crippen molar-refractivity contribution in [2.24, 2.45) is 5.92 Å². The summed E-state index contributed by atoms with van der Waals surface area (Å²) in [7, 11) is 0. The van der Waals surface area contributed by atoms with Crippen molar-refractivity contribution in [1.82, 2.24) is 20.6 Å². The maximum atomic E-state index is 12.8. The number of aromatic nitrogens is 2. The first-order valence-electron chi connectivity index (χ1n) is 13.8. The summed E-state index contributed by atoms with van der Waals surface area (Å²) in [6.07, 6.45) is 5.95. The highest BCUT2D eigenvalue weighted by molar-refractivity contribution is 6.30. The molecule has 1 saturated heterocycles. The first-order chi connectivity index (χ1) is 18.9. The summed E-state index contributed by atoms with van der Waals surface area (Å²) in [5.74, 6) is 1.84. The zero-order valence-electron chi connectivity index (χ0n) is 24.1. The minimum atomic E-state index is -0.947. The van der Waals surface area contributed by atoms with E-state index in [2.05, 4.69) is 25.5 Å². The molecule has 1 fully saturated rings. The molecule has 0 aliphatic carbocycles. The Kier molecular flexibility index (Phi) is 11.4. The average molecular weight is 576 g/mol. The van der Waals surface area contributed by atoms with Crippen molar-refractivity contribution in [3.8, 4) is 5.75 Å². The third-order valence-corrected chi connectivity index (χ3v) is 6.84. The van der Waals surface area contributed by atoms with E-state index in [4.69, 9.17) is 21.1 Å². The van der Waals surface area contributed by atoms with Gasteiger partial charge in [-0.25, -0.2) is 14.8 Å². The van der Waals surface area contributed by atoms with Gasteiger partial charge >= 0.3 is 6.09 Å². The molecular formula is C29H42ClN5O5. The topological polar surface area (TPSA) is 126 Å². The number of piperidine rings is 1. The van der Waals surface area contributed by atoms with Crippen molar-refractivity contribution in [3.63, 3.8) is 0 Å². The molecule has 1 unspecified atom stereocenters. The molecule has 1 aliphatic rings. The van der Waals surface area contributed by atoms with Gasteiger partial charge in [-0.15, -0.1) is 0 Å². The van der Waals surface area contributed by atoms with Crippen LogP contribution in [0.5, 0.6) is 5.75 Å². The molecule has 0 spiro atoms. The number of amides is 2. The van der Waals surface area contributed by atoms with Crippen LogP contribution in [0.4, 0.5) is 10.7 Å². The molecule has 0 bridgehead atoms. The van der Waals surface area contributed by atoms with Crippen LogP contribution in [0.15, 0.2) is 24.5 Å². The number of hydrogen-bond acceptors (Lipinski definition) is 8. The van der Waals surface area contributed by atoms with Gasteiger partial charge in [0.1, 0.15) is 11.4 Å². The van der Waals surface area contributed by atoms with Gasteiger partial charge in [0.05, 0.1) is 30.1 Å². The second kappa shape index (κ2) is 14.5. The van der Waals surface area contributed by atoms with Crippen molar-refractivity contribution >= 4 is 29.5 Å². The van der Waals surface area contributed by atoms with Gasteiger partial charge in [0.2, 0.25) is 5.95 Å². The first kappa shape index (κ1) is 31.4. The number of carbonyl (C=O) groups excluding carboxylic acids is 2. The lowest BCUT2D eigenvalue weighted by Crippen LogP contribution is -2.41. The predicted octanol–water partition coefficient (Wildman–Crippen LogP) is 4.44. The van der Waals surface area contributed by atoms with Crippen LogP contribution in [-0.4, -0.2) is 71.6 Å². The molecule has 1 aromatic heterocycles. The molecule has 2 heterocycles. The number of aliphatic hydroxyl groups excluding tert-OH is 1. The van der Waals surface area contributed by atoms with Crippen molar-refractivity contribution < 1.29 is 24.2 Å². The van der Waals surface area contributed by atoms with E-state index >= 15 is 0 Å². The third-order valence-electron chi connectivity index (χ3n) is 6.64. The molecule has 2 amide bonds. The van der Waals surface area contributed by atoms with Crippen molar-refractivity contribution in [3.05, 3.63) is 46.2 Å². The van der Waals surface area contributed by atoms with E-state index in [0.29, 0.717) is 23.1 Å². The van der Waals surface area contributed by atoms with Crippen LogP contribution >= 0.6 is 11.6 Å². The Morgan fingerprint density at radius 3 is 2.30 bits per heavy atom. The summed E-state index contributed by atoms with van der Waals surface area (Å²) >= 11 is 5.89. The van der Waals surface area contributed by atoms with E-state index in [-0.39, 0.29) is 19.0 Å². The van der Waals surface area contributed by atoms with Gasteiger partial charge in [-0.1, -0.05) is 11.6 Å². The molecule has 10 nitrogen and oxygen atoms in total. The number of anilines is 1. The lowest BCUT2D eigenvalue weighted by molar-refractivity contribution is 0.0492. The van der Waals surface area contributed by atoms with E-state index in [9.17, 15) is 14.7 Å². The third kappa shape index (κ3) is 10.1. The second-order valence-electron chi connectivity index (χ2n) is 11.3. The highest BCUT2D eigenvalue weighted by Gasteiger charge is 2.21. The van der Waals surface area contributed by atoms with Crippen LogP contribution in [0.2, 0.25) is 5.02 Å². The van der Waals surface area contributed by atoms with Gasteiger partial charge < -0.3 is 30.1 Å². The van der Waals surface area contributed by atoms with Gasteiger partial charge in [0.15, 0.2) is 0 Å². The summed E-state index contributed by atoms with van der Waals surface area (Å²) in [6, 6.07) is 3.74. The van der Waals surface area contributed by atoms with Crippen LogP contribution in [0.25, 0.3) is 0 Å². The fraction of sp³-hybridized carbons (Fsp3) is 0.586. The van der Waals surface area contributed by atoms with Gasteiger partial charge in [0.25, 0.3) is 5.91 Å². The smallest absolute Gasteiger partial charge is 0.407 e. The number of rotatable bonds is 11. The van der Waals surface area contributed by atoms with E-state index < -0.39 is 17.8 Å². The van der Waals surface area contributed by atoms with Crippen LogP contribution < -0.4 is 20.3 Å². The van der Waals surface area contributed by atoms with E-state index in [0.717, 1.165) is 61.6 Å². The number of aryl methyl sites for hydroxylation is 2. The van der Waals surface area contributed by atoms with Crippen molar-refractivity contribution in [1.29, 1.82) is 0 Å². The fourth-order valence-corrected chi connectivity index (χ4v) is 4.80. The molecule has 1 atom stereocenters. The monoisotopic (exact) mass is 575 g/mol. The number of hydrogen-bond donors (Lipinski definition) is 3. The number of benzene rings is 1. The number of carbonyl (C=O) groups is 2. The number of alkyl carbamates (subject to hydrolysis) is 1. The van der Waals surface area contributed by atoms with Crippen LogP contribution in [0, 0.1) is 19.8 Å². The normalized spacial score (nSPS) is 14.9. The number of halogens is 1. The summed E-state index contributed by atoms with van der Waals surface area (Å²) in [5.41, 5.74) is 1.52. The lowest BCUT2D eigenvalue weighted by atomic mass is 9.92. The summed E-state index contributed by atoms with van der Waals surface area (Å²) in [5, 5.41) is 15.9. The molecule has 0 saturated carbocycles. The SMILES string of the molecule is Cc1cc(OCCCC2CCN(c3ncc(Cl)cn3)CC2)cc(C)c1C(=O)NCC(O)CNC(=O)OC(C)(C)C. The molecule has 1 aromatic carbocycles. The molecule has 220 valence electrons. The van der Waals surface area contributed by atoms with Crippen molar-refractivity contribution in [2.45, 2.75) is 72.0 Å². The second-order valence-corrected chi connectivity index (χ2v) is 11.7. The predicted molar refractivity (Wildman–Crippen MR) is 155 cm³/mol. The summed E-state index contributed by atoms with van der Waals surface area (Å²) in [4.78, 5) is 35.4. The Labute approximate surface area is 241 Å². The fourth-order valence-electron chi connectivity index (χ4n) is 4.70. The maximum Gasteiger partial charge on any atom is 0.407 e. The van der Waals surface area contributed by atoms with Crippen molar-refractivity contribution in [2.75, 3.05) is 37.7 Å². The molecule has 3 rings (SSSR count). The molecule has 1 aliphatic heterocycles. The van der Waals surface area contributed by atoms with Crippen LogP contribution in [0.3, 0.4) is 0 Å². The standard InChI is InChI=1S/C29H42ClN5O5/c1-19-13-24(39-12-6-7-21-8-10-35(11-9-21)27-32-15-22(30)16-33-27)14-20(2)25(19)26(37)31-17-23(36)18-34-28(38)40-29(3,4)5/h13-16,21,23,36H,6-12,17-18H2,1-5H3,(H,31,37)(H,34,38). The zero-order valence-corrected chi connectivity index (χ0v) is 24.9. The molecular weight excluding hydrogens is 534 g/mol. The quantitative estimate of drug-likeness (QED) is 0.336. The molecule has 0 radical (unpaired) electrons. The largest absolute Gasteiger partial charge is 0.494 e. The highest BCUT2D eigenvalue weighted by atomic mass is 35.5. The Morgan fingerprint density at radius 1 is 1.10 bits per heavy atom. The molecule has 3 N–H and O–H groups in total. The van der Waals surface area contributed by atoms with Gasteiger partial charge in [-0.05, 0) is 89.5 Å². The molecule has 11 heteroatoms. The van der Waals surface area contributed by atoms with Gasteiger partial charge in [-0.3, -0.25) is 4.79 Å². The average Bonchev–Trinajstić information content (AvgIpc) is 2.88. The van der Waals surface area contributed by atoms with Gasteiger partial charge in [0, 0.05) is 31.7 Å². The van der Waals surface area contributed by atoms with Crippen LogP contribution in [0.1, 0.15) is 67.9 Å². The summed E-state index contributed by atoms with van der Waals surface area (Å²) in [6.45, 7) is 11.5. The molecule has 40 heavy (non-hydrogen) atoms. The van der Waals surface area contributed by atoms with Gasteiger partial charge in [-0.2, -0.15) is 0 Å². The molecule has 2 aromatic rings. The van der Waals surface area contributed by atoms with Crippen LogP contribution in [-0.2, 0) is 4.74 Å². The zero-order chi connectivity index (χ0) is 29.3. The Balaban J connectivity index is 1.37. The lowest BCUT2D eigenvalue weighted by Gasteiger charge is -2.32. The highest BCUT2D eigenvalue weighted by Crippen LogP contribution is 2.26. The Hall–Kier alpha value is -3.11. The number of aliphatic hydroxyl groups is 1. The first-order valence-corrected chi connectivity index (χ1v) is 14.2. The minimum Gasteiger partial charge on any atom is -0.494 e. The maximum absolute atomic E-state index is 12.8. The van der Waals surface area contributed by atoms with E-state index in [1.165, 1.54) is 0 Å². The Bertz CT molecular complexity index is 1110. The number of ether oxygens (including phenoxy) is 2. The minimum absolute atomic E-state index is 0.00257. The van der Waals surface area contributed by atoms with E-state index in [1.54, 1.807) is 33.2 Å². The summed E-state index contributed by atoms with van der Waals surface area (Å²) < 4.78 is 11.2.